The number of carboxylic acids is 1. The van der Waals surface area contributed by atoms with E-state index < -0.39 is 5.97 Å². The van der Waals surface area contributed by atoms with Crippen LogP contribution in [0.1, 0.15) is 31.9 Å². The van der Waals surface area contributed by atoms with Crippen LogP contribution in [-0.2, 0) is 4.79 Å². The van der Waals surface area contributed by atoms with Crippen LogP contribution in [0.15, 0.2) is 29.2 Å². The van der Waals surface area contributed by atoms with Gasteiger partial charge < -0.3 is 10.4 Å². The molecular weight excluding hydrogens is 246 g/mol. The molecule has 0 amide bonds. The van der Waals surface area contributed by atoms with E-state index in [1.165, 1.54) is 4.90 Å². The van der Waals surface area contributed by atoms with Crippen LogP contribution in [0.25, 0.3) is 0 Å². The molecule has 0 aromatic heterocycles. The highest BCUT2D eigenvalue weighted by atomic mass is 32.2. The van der Waals surface area contributed by atoms with Crippen LogP contribution in [0.2, 0.25) is 0 Å². The van der Waals surface area contributed by atoms with Crippen LogP contribution >= 0.6 is 11.8 Å². The number of hydrogen-bond acceptors (Lipinski definition) is 3. The minimum atomic E-state index is -0.763. The lowest BCUT2D eigenvalue weighted by Gasteiger charge is -2.33. The summed E-state index contributed by atoms with van der Waals surface area (Å²) in [4.78, 5) is 12.1. The third-order valence-electron chi connectivity index (χ3n) is 3.13. The van der Waals surface area contributed by atoms with E-state index in [1.807, 2.05) is 27.2 Å². The zero-order chi connectivity index (χ0) is 13.8. The molecule has 1 aromatic carbocycles. The molecule has 0 aliphatic carbocycles. The molecule has 3 nitrogen and oxygen atoms in total. The first-order chi connectivity index (χ1) is 8.40. The van der Waals surface area contributed by atoms with Crippen molar-refractivity contribution in [1.82, 2.24) is 5.32 Å². The fourth-order valence-electron chi connectivity index (χ4n) is 2.30. The Morgan fingerprint density at radius 2 is 1.94 bits per heavy atom. The van der Waals surface area contributed by atoms with Gasteiger partial charge in [0.15, 0.2) is 0 Å². The Kier molecular flexibility index (Phi) is 5.23. The SMILES string of the molecule is CNC(c1ccc(SC)cc1)C(C)(C)CC(=O)O. The maximum Gasteiger partial charge on any atom is 0.303 e. The Morgan fingerprint density at radius 1 is 1.39 bits per heavy atom. The van der Waals surface area contributed by atoms with Crippen molar-refractivity contribution in [2.24, 2.45) is 5.41 Å². The highest BCUT2D eigenvalue weighted by Crippen LogP contribution is 2.36. The lowest BCUT2D eigenvalue weighted by Crippen LogP contribution is -2.33. The average Bonchev–Trinajstić information content (AvgIpc) is 2.28. The predicted molar refractivity (Wildman–Crippen MR) is 76.1 cm³/mol. The summed E-state index contributed by atoms with van der Waals surface area (Å²) in [6.45, 7) is 3.95. The molecule has 1 unspecified atom stereocenters. The van der Waals surface area contributed by atoms with Gasteiger partial charge in [0.1, 0.15) is 0 Å². The quantitative estimate of drug-likeness (QED) is 0.777. The summed E-state index contributed by atoms with van der Waals surface area (Å²) in [5, 5.41) is 12.2. The molecule has 1 rings (SSSR count). The van der Waals surface area contributed by atoms with Gasteiger partial charge in [-0.25, -0.2) is 0 Å². The molecule has 0 saturated carbocycles. The van der Waals surface area contributed by atoms with E-state index >= 15 is 0 Å². The van der Waals surface area contributed by atoms with Crippen molar-refractivity contribution in [1.29, 1.82) is 0 Å². The minimum Gasteiger partial charge on any atom is -0.481 e. The lowest BCUT2D eigenvalue weighted by atomic mass is 9.78. The van der Waals surface area contributed by atoms with E-state index in [0.29, 0.717) is 0 Å². The Labute approximate surface area is 113 Å². The van der Waals surface area contributed by atoms with Crippen molar-refractivity contribution in [2.45, 2.75) is 31.2 Å². The maximum absolute atomic E-state index is 10.9. The van der Waals surface area contributed by atoms with Gasteiger partial charge in [0.25, 0.3) is 0 Å². The van der Waals surface area contributed by atoms with Gasteiger partial charge in [0, 0.05) is 10.9 Å². The molecule has 0 spiro atoms. The number of carbonyl (C=O) groups is 1. The molecule has 0 aliphatic rings. The Morgan fingerprint density at radius 3 is 2.33 bits per heavy atom. The number of rotatable bonds is 6. The van der Waals surface area contributed by atoms with E-state index in [-0.39, 0.29) is 17.9 Å². The lowest BCUT2D eigenvalue weighted by molar-refractivity contribution is -0.139. The topological polar surface area (TPSA) is 49.3 Å². The van der Waals surface area contributed by atoms with Gasteiger partial charge in [-0.15, -0.1) is 11.8 Å². The number of benzene rings is 1. The summed E-state index contributed by atoms with van der Waals surface area (Å²) in [5.41, 5.74) is 0.795. The van der Waals surface area contributed by atoms with Gasteiger partial charge in [-0.2, -0.15) is 0 Å². The second-order valence-corrected chi connectivity index (χ2v) is 5.93. The number of carboxylic acid groups (broad SMARTS) is 1. The van der Waals surface area contributed by atoms with Crippen LogP contribution < -0.4 is 5.32 Å². The second-order valence-electron chi connectivity index (χ2n) is 5.05. The van der Waals surface area contributed by atoms with Gasteiger partial charge in [-0.05, 0) is 36.4 Å². The molecule has 0 bridgehead atoms. The summed E-state index contributed by atoms with van der Waals surface area (Å²) in [5.74, 6) is -0.763. The third-order valence-corrected chi connectivity index (χ3v) is 3.87. The Bertz CT molecular complexity index is 401. The smallest absolute Gasteiger partial charge is 0.303 e. The molecular formula is C14H21NO2S. The number of nitrogens with one attached hydrogen (secondary N) is 1. The Balaban J connectivity index is 2.97. The molecule has 4 heteroatoms. The first kappa shape index (κ1) is 15.1. The third kappa shape index (κ3) is 3.75. The zero-order valence-electron chi connectivity index (χ0n) is 11.4. The summed E-state index contributed by atoms with van der Waals surface area (Å²) in [6.07, 6.45) is 2.18. The fraction of sp³-hybridized carbons (Fsp3) is 0.500. The maximum atomic E-state index is 10.9. The van der Waals surface area contributed by atoms with Crippen molar-refractivity contribution in [3.63, 3.8) is 0 Å². The molecule has 1 aromatic rings. The van der Waals surface area contributed by atoms with Crippen LogP contribution in [0.5, 0.6) is 0 Å². The van der Waals surface area contributed by atoms with E-state index in [1.54, 1.807) is 11.8 Å². The van der Waals surface area contributed by atoms with Crippen LogP contribution in [-0.4, -0.2) is 24.4 Å². The number of aliphatic carboxylic acids is 1. The molecule has 100 valence electrons. The molecule has 0 saturated heterocycles. The molecule has 1 atom stereocenters. The number of hydrogen-bond donors (Lipinski definition) is 2. The molecule has 0 heterocycles. The zero-order valence-corrected chi connectivity index (χ0v) is 12.2. The first-order valence-electron chi connectivity index (χ1n) is 5.93. The van der Waals surface area contributed by atoms with Crippen molar-refractivity contribution in [3.8, 4) is 0 Å². The van der Waals surface area contributed by atoms with Gasteiger partial charge >= 0.3 is 5.97 Å². The van der Waals surface area contributed by atoms with E-state index in [4.69, 9.17) is 5.11 Å². The average molecular weight is 267 g/mol. The van der Waals surface area contributed by atoms with Crippen LogP contribution in [0, 0.1) is 5.41 Å². The normalized spacial score (nSPS) is 13.3. The molecule has 0 aliphatic heterocycles. The molecule has 0 fully saturated rings. The standard InChI is InChI=1S/C14H21NO2S/c1-14(2,9-12(16)17)13(15-3)10-5-7-11(18-4)8-6-10/h5-8,13,15H,9H2,1-4H3,(H,16,17). The van der Waals surface area contributed by atoms with Gasteiger partial charge in [-0.3, -0.25) is 4.79 Å². The van der Waals surface area contributed by atoms with Crippen LogP contribution in [0.3, 0.4) is 0 Å². The van der Waals surface area contributed by atoms with Crippen molar-refractivity contribution >= 4 is 17.7 Å². The predicted octanol–water partition coefficient (Wildman–Crippen LogP) is 3.17. The molecule has 0 radical (unpaired) electrons. The first-order valence-corrected chi connectivity index (χ1v) is 7.16. The molecule has 2 N–H and O–H groups in total. The highest BCUT2D eigenvalue weighted by Gasteiger charge is 2.31. The van der Waals surface area contributed by atoms with Crippen molar-refractivity contribution < 1.29 is 9.90 Å². The van der Waals surface area contributed by atoms with Crippen molar-refractivity contribution in [3.05, 3.63) is 29.8 Å². The minimum absolute atomic E-state index is 0.0320. The molecule has 18 heavy (non-hydrogen) atoms. The summed E-state index contributed by atoms with van der Waals surface area (Å²) in [6, 6.07) is 8.31. The van der Waals surface area contributed by atoms with E-state index in [2.05, 4.69) is 29.6 Å². The summed E-state index contributed by atoms with van der Waals surface area (Å²) >= 11 is 1.70. The van der Waals surface area contributed by atoms with Gasteiger partial charge in [0.05, 0.1) is 6.42 Å². The largest absolute Gasteiger partial charge is 0.481 e. The fourth-order valence-corrected chi connectivity index (χ4v) is 2.71. The van der Waals surface area contributed by atoms with Crippen LogP contribution in [0.4, 0.5) is 0 Å². The monoisotopic (exact) mass is 267 g/mol. The van der Waals surface area contributed by atoms with Crippen molar-refractivity contribution in [2.75, 3.05) is 13.3 Å². The van der Waals surface area contributed by atoms with E-state index in [9.17, 15) is 4.79 Å². The second kappa shape index (κ2) is 6.25. The van der Waals surface area contributed by atoms with E-state index in [0.717, 1.165) is 5.56 Å². The van der Waals surface area contributed by atoms with Gasteiger partial charge in [-0.1, -0.05) is 26.0 Å². The summed E-state index contributed by atoms with van der Waals surface area (Å²) in [7, 11) is 1.87. The highest BCUT2D eigenvalue weighted by molar-refractivity contribution is 7.98. The number of thioether (sulfide) groups is 1. The Hall–Kier alpha value is -1.00. The summed E-state index contributed by atoms with van der Waals surface area (Å²) < 4.78 is 0. The van der Waals surface area contributed by atoms with Gasteiger partial charge in [0.2, 0.25) is 0 Å².